The maximum Gasteiger partial charge on any atom is 0.108 e. The SMILES string of the molecule is Cc1c(Br)cccc1CN1CCN(C2=CC=NCN2)CC1. The number of piperazine rings is 1. The fourth-order valence-corrected chi connectivity index (χ4v) is 3.20. The van der Waals surface area contributed by atoms with Gasteiger partial charge in [-0.2, -0.15) is 0 Å². The Bertz CT molecular complexity index is 559. The molecule has 0 saturated carbocycles. The van der Waals surface area contributed by atoms with E-state index >= 15 is 0 Å². The summed E-state index contributed by atoms with van der Waals surface area (Å²) >= 11 is 3.62. The van der Waals surface area contributed by atoms with Gasteiger partial charge < -0.3 is 10.2 Å². The van der Waals surface area contributed by atoms with Gasteiger partial charge in [0.2, 0.25) is 0 Å². The van der Waals surface area contributed by atoms with E-state index < -0.39 is 0 Å². The summed E-state index contributed by atoms with van der Waals surface area (Å²) in [6, 6.07) is 6.46. The van der Waals surface area contributed by atoms with Gasteiger partial charge in [0.15, 0.2) is 0 Å². The zero-order chi connectivity index (χ0) is 14.7. The molecule has 0 aromatic heterocycles. The second-order valence-corrected chi connectivity index (χ2v) is 6.36. The first-order chi connectivity index (χ1) is 10.2. The van der Waals surface area contributed by atoms with E-state index in [1.807, 2.05) is 6.21 Å². The van der Waals surface area contributed by atoms with Gasteiger partial charge in [0.1, 0.15) is 12.5 Å². The summed E-state index contributed by atoms with van der Waals surface area (Å²) in [7, 11) is 0. The zero-order valence-electron chi connectivity index (χ0n) is 12.3. The highest BCUT2D eigenvalue weighted by Gasteiger charge is 2.19. The number of allylic oxidation sites excluding steroid dienone is 1. The van der Waals surface area contributed by atoms with Gasteiger partial charge >= 0.3 is 0 Å². The molecular weight excluding hydrogens is 328 g/mol. The van der Waals surface area contributed by atoms with Crippen molar-refractivity contribution >= 4 is 22.1 Å². The molecule has 5 heteroatoms. The molecule has 3 rings (SSSR count). The molecule has 0 atom stereocenters. The van der Waals surface area contributed by atoms with Crippen LogP contribution in [-0.2, 0) is 6.54 Å². The van der Waals surface area contributed by atoms with E-state index in [9.17, 15) is 0 Å². The van der Waals surface area contributed by atoms with E-state index in [2.05, 4.69) is 67.2 Å². The molecule has 2 aliphatic rings. The zero-order valence-corrected chi connectivity index (χ0v) is 13.9. The van der Waals surface area contributed by atoms with Gasteiger partial charge in [0, 0.05) is 43.4 Å². The van der Waals surface area contributed by atoms with E-state index in [1.54, 1.807) is 0 Å². The third-order valence-electron chi connectivity index (χ3n) is 4.18. The molecule has 0 aliphatic carbocycles. The van der Waals surface area contributed by atoms with Gasteiger partial charge in [-0.3, -0.25) is 9.89 Å². The van der Waals surface area contributed by atoms with Crippen LogP contribution in [0.15, 0.2) is 39.6 Å². The third-order valence-corrected chi connectivity index (χ3v) is 5.04. The third kappa shape index (κ3) is 3.47. The number of hydrogen-bond donors (Lipinski definition) is 1. The molecular formula is C16H21BrN4. The van der Waals surface area contributed by atoms with Crippen LogP contribution in [0.1, 0.15) is 11.1 Å². The molecule has 2 heterocycles. The number of nitrogens with zero attached hydrogens (tertiary/aromatic N) is 3. The Kier molecular flexibility index (Phi) is 4.60. The normalized spacial score (nSPS) is 19.3. The lowest BCUT2D eigenvalue weighted by Gasteiger charge is -2.37. The quantitative estimate of drug-likeness (QED) is 0.909. The van der Waals surface area contributed by atoms with Crippen LogP contribution >= 0.6 is 15.9 Å². The fraction of sp³-hybridized carbons (Fsp3) is 0.438. The van der Waals surface area contributed by atoms with Gasteiger partial charge in [0.25, 0.3) is 0 Å². The first-order valence-electron chi connectivity index (χ1n) is 7.39. The Morgan fingerprint density at radius 3 is 2.76 bits per heavy atom. The van der Waals surface area contributed by atoms with Crippen LogP contribution < -0.4 is 5.32 Å². The van der Waals surface area contributed by atoms with Crippen molar-refractivity contribution in [1.82, 2.24) is 15.1 Å². The fourth-order valence-electron chi connectivity index (χ4n) is 2.79. The molecule has 0 radical (unpaired) electrons. The molecule has 1 aromatic rings. The molecule has 1 aromatic carbocycles. The number of halogens is 1. The molecule has 1 N–H and O–H groups in total. The Hall–Kier alpha value is -1.33. The summed E-state index contributed by atoms with van der Waals surface area (Å²) in [6.45, 7) is 8.26. The Labute approximate surface area is 134 Å². The van der Waals surface area contributed by atoms with Gasteiger partial charge in [0.05, 0.1) is 0 Å². The standard InChI is InChI=1S/C16H21BrN4/c1-13-14(3-2-4-15(13)17)11-20-7-9-21(10-8-20)16-5-6-18-12-19-16/h2-6,19H,7-12H2,1H3. The number of benzene rings is 1. The summed E-state index contributed by atoms with van der Waals surface area (Å²) in [4.78, 5) is 9.10. The number of nitrogens with one attached hydrogen (secondary N) is 1. The summed E-state index contributed by atoms with van der Waals surface area (Å²) in [6.07, 6.45) is 3.96. The van der Waals surface area contributed by atoms with Crippen molar-refractivity contribution in [2.75, 3.05) is 32.8 Å². The summed E-state index contributed by atoms with van der Waals surface area (Å²) in [5.41, 5.74) is 2.77. The Balaban J connectivity index is 1.57. The maximum absolute atomic E-state index is 4.16. The van der Waals surface area contributed by atoms with Crippen molar-refractivity contribution in [3.8, 4) is 0 Å². The highest BCUT2D eigenvalue weighted by molar-refractivity contribution is 9.10. The first-order valence-corrected chi connectivity index (χ1v) is 8.18. The van der Waals surface area contributed by atoms with Crippen molar-refractivity contribution < 1.29 is 0 Å². The topological polar surface area (TPSA) is 30.9 Å². The van der Waals surface area contributed by atoms with Crippen LogP contribution in [0.5, 0.6) is 0 Å². The minimum Gasteiger partial charge on any atom is -0.356 e. The molecule has 0 unspecified atom stereocenters. The summed E-state index contributed by atoms with van der Waals surface area (Å²) in [5.74, 6) is 1.21. The smallest absolute Gasteiger partial charge is 0.108 e. The number of hydrogen-bond acceptors (Lipinski definition) is 4. The second kappa shape index (κ2) is 6.62. The molecule has 0 bridgehead atoms. The van der Waals surface area contributed by atoms with E-state index in [4.69, 9.17) is 0 Å². The first kappa shape index (κ1) is 14.6. The van der Waals surface area contributed by atoms with Gasteiger partial charge in [-0.15, -0.1) is 0 Å². The van der Waals surface area contributed by atoms with Crippen molar-refractivity contribution in [2.24, 2.45) is 4.99 Å². The lowest BCUT2D eigenvalue weighted by atomic mass is 10.1. The molecule has 0 amide bonds. The molecule has 1 fully saturated rings. The van der Waals surface area contributed by atoms with Crippen molar-refractivity contribution in [3.05, 3.63) is 45.7 Å². The average Bonchev–Trinajstić information content (AvgIpc) is 2.53. The highest BCUT2D eigenvalue weighted by Crippen LogP contribution is 2.21. The maximum atomic E-state index is 4.16. The van der Waals surface area contributed by atoms with E-state index in [-0.39, 0.29) is 0 Å². The molecule has 4 nitrogen and oxygen atoms in total. The van der Waals surface area contributed by atoms with Crippen LogP contribution in [0.25, 0.3) is 0 Å². The summed E-state index contributed by atoms with van der Waals surface area (Å²) in [5, 5.41) is 3.33. The molecule has 1 saturated heterocycles. The van der Waals surface area contributed by atoms with E-state index in [0.29, 0.717) is 6.67 Å². The van der Waals surface area contributed by atoms with Crippen LogP contribution in [0.4, 0.5) is 0 Å². The predicted octanol–water partition coefficient (Wildman–Crippen LogP) is 2.35. The Morgan fingerprint density at radius 1 is 1.24 bits per heavy atom. The van der Waals surface area contributed by atoms with Crippen molar-refractivity contribution in [1.29, 1.82) is 0 Å². The van der Waals surface area contributed by atoms with Crippen LogP contribution in [0.2, 0.25) is 0 Å². The molecule has 2 aliphatic heterocycles. The Morgan fingerprint density at radius 2 is 2.05 bits per heavy atom. The average molecular weight is 349 g/mol. The lowest BCUT2D eigenvalue weighted by molar-refractivity contribution is 0.146. The van der Waals surface area contributed by atoms with E-state index in [1.165, 1.54) is 21.4 Å². The van der Waals surface area contributed by atoms with Crippen molar-refractivity contribution in [2.45, 2.75) is 13.5 Å². The largest absolute Gasteiger partial charge is 0.356 e. The summed E-state index contributed by atoms with van der Waals surface area (Å²) < 4.78 is 1.20. The minimum absolute atomic E-state index is 0.698. The number of aliphatic imine (C=N–C) groups is 1. The van der Waals surface area contributed by atoms with Gasteiger partial charge in [-0.25, -0.2) is 0 Å². The predicted molar refractivity (Wildman–Crippen MR) is 90.3 cm³/mol. The van der Waals surface area contributed by atoms with Gasteiger partial charge in [-0.1, -0.05) is 28.1 Å². The van der Waals surface area contributed by atoms with Crippen LogP contribution in [-0.4, -0.2) is 48.9 Å². The molecule has 21 heavy (non-hydrogen) atoms. The van der Waals surface area contributed by atoms with Crippen LogP contribution in [0, 0.1) is 6.92 Å². The monoisotopic (exact) mass is 348 g/mol. The lowest BCUT2D eigenvalue weighted by Crippen LogP contribution is -2.48. The molecule has 112 valence electrons. The van der Waals surface area contributed by atoms with Crippen molar-refractivity contribution in [3.63, 3.8) is 0 Å². The second-order valence-electron chi connectivity index (χ2n) is 5.51. The van der Waals surface area contributed by atoms with Crippen LogP contribution in [0.3, 0.4) is 0 Å². The molecule has 0 spiro atoms. The van der Waals surface area contributed by atoms with Gasteiger partial charge in [-0.05, 0) is 30.2 Å². The van der Waals surface area contributed by atoms with E-state index in [0.717, 1.165) is 32.7 Å². The number of rotatable bonds is 3. The highest BCUT2D eigenvalue weighted by atomic mass is 79.9. The minimum atomic E-state index is 0.698.